The molecule has 0 aromatic carbocycles. The third kappa shape index (κ3) is 6.14. The zero-order chi connectivity index (χ0) is 20.6. The van der Waals surface area contributed by atoms with E-state index in [1.54, 1.807) is 11.3 Å². The predicted octanol–water partition coefficient (Wildman–Crippen LogP) is 2.20. The van der Waals surface area contributed by atoms with Crippen LogP contribution in [0, 0.1) is 13.8 Å². The van der Waals surface area contributed by atoms with Gasteiger partial charge >= 0.3 is 0 Å². The molecule has 2 aromatic rings. The van der Waals surface area contributed by atoms with Crippen LogP contribution in [0.15, 0.2) is 23.3 Å². The van der Waals surface area contributed by atoms with Crippen LogP contribution in [-0.2, 0) is 13.0 Å². The third-order valence-electron chi connectivity index (χ3n) is 5.13. The summed E-state index contributed by atoms with van der Waals surface area (Å²) in [7, 11) is 2.17. The van der Waals surface area contributed by atoms with Gasteiger partial charge < -0.3 is 20.4 Å². The molecule has 0 amide bonds. The fourth-order valence-corrected chi connectivity index (χ4v) is 4.23. The number of nitrogens with one attached hydrogen (secondary N) is 2. The highest BCUT2D eigenvalue weighted by molar-refractivity contribution is 7.11. The largest absolute Gasteiger partial charge is 0.357 e. The molecule has 8 heteroatoms. The lowest BCUT2D eigenvalue weighted by molar-refractivity contribution is 0.312. The number of hydrogen-bond donors (Lipinski definition) is 2. The highest BCUT2D eigenvalue weighted by Gasteiger charge is 2.17. The van der Waals surface area contributed by atoms with E-state index >= 15 is 0 Å². The van der Waals surface area contributed by atoms with Crippen LogP contribution in [0.2, 0.25) is 0 Å². The van der Waals surface area contributed by atoms with Crippen LogP contribution in [0.5, 0.6) is 0 Å². The van der Waals surface area contributed by atoms with Gasteiger partial charge in [0.25, 0.3) is 0 Å². The summed E-state index contributed by atoms with van der Waals surface area (Å²) in [4.78, 5) is 20.1. The Hall–Kier alpha value is -2.19. The summed E-state index contributed by atoms with van der Waals surface area (Å²) in [6.07, 6.45) is 2.78. The molecule has 1 fully saturated rings. The number of aromatic nitrogens is 2. The molecule has 0 bridgehead atoms. The van der Waals surface area contributed by atoms with Crippen LogP contribution < -0.4 is 15.5 Å². The standard InChI is InChI=1S/C21H33N7S/c1-5-22-21(24-10-8-19-26-16(2)17(3)29-19)25-15-18-7-6-9-23-20(18)28-13-11-27(4)12-14-28/h6-7,9H,5,8,10-15H2,1-4H3,(H2,22,24,25). The molecular weight excluding hydrogens is 382 g/mol. The minimum absolute atomic E-state index is 0.611. The second kappa shape index (κ2) is 10.5. The average Bonchev–Trinajstić information content (AvgIpc) is 3.04. The van der Waals surface area contributed by atoms with E-state index in [0.717, 1.165) is 63.2 Å². The van der Waals surface area contributed by atoms with E-state index in [4.69, 9.17) is 4.99 Å². The number of rotatable bonds is 7. The highest BCUT2D eigenvalue weighted by atomic mass is 32.1. The molecule has 29 heavy (non-hydrogen) atoms. The number of anilines is 1. The second-order valence-electron chi connectivity index (χ2n) is 7.40. The van der Waals surface area contributed by atoms with Gasteiger partial charge in [-0.05, 0) is 33.9 Å². The molecule has 1 aliphatic heterocycles. The molecule has 1 saturated heterocycles. The number of likely N-dealkylation sites (N-methyl/N-ethyl adjacent to an activating group) is 1. The van der Waals surface area contributed by atoms with Gasteiger partial charge in [-0.25, -0.2) is 15.0 Å². The van der Waals surface area contributed by atoms with Crippen LogP contribution >= 0.6 is 11.3 Å². The lowest BCUT2D eigenvalue weighted by atomic mass is 10.2. The maximum Gasteiger partial charge on any atom is 0.191 e. The number of guanidine groups is 1. The van der Waals surface area contributed by atoms with Gasteiger partial charge in [-0.1, -0.05) is 6.07 Å². The van der Waals surface area contributed by atoms with Crippen LogP contribution in [0.4, 0.5) is 5.82 Å². The van der Waals surface area contributed by atoms with Crippen molar-refractivity contribution in [2.24, 2.45) is 4.99 Å². The highest BCUT2D eigenvalue weighted by Crippen LogP contribution is 2.19. The summed E-state index contributed by atoms with van der Waals surface area (Å²) in [5.41, 5.74) is 2.30. The van der Waals surface area contributed by atoms with Crippen molar-refractivity contribution in [1.82, 2.24) is 25.5 Å². The normalized spacial score (nSPS) is 15.6. The Morgan fingerprint density at radius 1 is 1.21 bits per heavy atom. The van der Waals surface area contributed by atoms with Crippen molar-refractivity contribution in [3.63, 3.8) is 0 Å². The summed E-state index contributed by atoms with van der Waals surface area (Å²) in [5, 5.41) is 7.95. The number of hydrogen-bond acceptors (Lipinski definition) is 6. The summed E-state index contributed by atoms with van der Waals surface area (Å²) in [5.74, 6) is 1.90. The smallest absolute Gasteiger partial charge is 0.191 e. The van der Waals surface area contributed by atoms with Crippen LogP contribution in [0.1, 0.15) is 28.1 Å². The maximum absolute atomic E-state index is 4.81. The molecular formula is C21H33N7S. The first-order valence-corrected chi connectivity index (χ1v) is 11.2. The summed E-state index contributed by atoms with van der Waals surface area (Å²) in [6, 6.07) is 4.13. The van der Waals surface area contributed by atoms with E-state index < -0.39 is 0 Å². The number of nitrogens with zero attached hydrogens (tertiary/aromatic N) is 5. The molecule has 0 atom stereocenters. The first-order valence-electron chi connectivity index (χ1n) is 10.4. The zero-order valence-electron chi connectivity index (χ0n) is 18.0. The van der Waals surface area contributed by atoms with Gasteiger partial charge in [0.1, 0.15) is 5.82 Å². The second-order valence-corrected chi connectivity index (χ2v) is 8.69. The van der Waals surface area contributed by atoms with E-state index in [-0.39, 0.29) is 0 Å². The van der Waals surface area contributed by atoms with Crippen molar-refractivity contribution in [2.45, 2.75) is 33.7 Å². The van der Waals surface area contributed by atoms with Gasteiger partial charge in [-0.3, -0.25) is 0 Å². The molecule has 3 heterocycles. The first-order chi connectivity index (χ1) is 14.1. The molecule has 1 aliphatic rings. The third-order valence-corrected chi connectivity index (χ3v) is 6.26. The van der Waals surface area contributed by atoms with Gasteiger partial charge in [0.2, 0.25) is 0 Å². The summed E-state index contributed by atoms with van der Waals surface area (Å²) in [6.45, 7) is 12.7. The molecule has 2 N–H and O–H groups in total. The van der Waals surface area contributed by atoms with Gasteiger partial charge in [0.05, 0.1) is 17.2 Å². The van der Waals surface area contributed by atoms with Gasteiger partial charge in [-0.15, -0.1) is 11.3 Å². The fraction of sp³-hybridized carbons (Fsp3) is 0.571. The maximum atomic E-state index is 4.81. The quantitative estimate of drug-likeness (QED) is 0.534. The van der Waals surface area contributed by atoms with E-state index in [9.17, 15) is 0 Å². The lowest BCUT2D eigenvalue weighted by Crippen LogP contribution is -2.45. The number of thiazole rings is 1. The Morgan fingerprint density at radius 3 is 2.69 bits per heavy atom. The van der Waals surface area contributed by atoms with Crippen molar-refractivity contribution in [3.8, 4) is 0 Å². The molecule has 7 nitrogen and oxygen atoms in total. The van der Waals surface area contributed by atoms with Crippen molar-refractivity contribution in [2.75, 3.05) is 51.2 Å². The Morgan fingerprint density at radius 2 is 2.00 bits per heavy atom. The first kappa shape index (κ1) is 21.5. The molecule has 3 rings (SSSR count). The molecule has 158 valence electrons. The minimum atomic E-state index is 0.611. The molecule has 0 radical (unpaired) electrons. The van der Waals surface area contributed by atoms with Crippen LogP contribution in [0.25, 0.3) is 0 Å². The van der Waals surface area contributed by atoms with Crippen molar-refractivity contribution >= 4 is 23.1 Å². The van der Waals surface area contributed by atoms with E-state index in [1.165, 1.54) is 15.4 Å². The van der Waals surface area contributed by atoms with Crippen molar-refractivity contribution in [3.05, 3.63) is 39.5 Å². The summed E-state index contributed by atoms with van der Waals surface area (Å²) < 4.78 is 0. The number of pyridine rings is 1. The number of aliphatic imine (C=N–C) groups is 1. The summed E-state index contributed by atoms with van der Waals surface area (Å²) >= 11 is 1.78. The van der Waals surface area contributed by atoms with Crippen LogP contribution in [-0.4, -0.2) is 67.1 Å². The van der Waals surface area contributed by atoms with Gasteiger partial charge in [0.15, 0.2) is 5.96 Å². The molecule has 0 unspecified atom stereocenters. The van der Waals surface area contributed by atoms with E-state index in [0.29, 0.717) is 6.54 Å². The number of aryl methyl sites for hydroxylation is 2. The predicted molar refractivity (Wildman–Crippen MR) is 122 cm³/mol. The minimum Gasteiger partial charge on any atom is -0.357 e. The van der Waals surface area contributed by atoms with Crippen molar-refractivity contribution in [1.29, 1.82) is 0 Å². The lowest BCUT2D eigenvalue weighted by Gasteiger charge is -2.34. The molecule has 2 aromatic heterocycles. The Labute approximate surface area is 178 Å². The van der Waals surface area contributed by atoms with E-state index in [2.05, 4.69) is 64.3 Å². The monoisotopic (exact) mass is 415 g/mol. The molecule has 0 saturated carbocycles. The topological polar surface area (TPSA) is 68.7 Å². The van der Waals surface area contributed by atoms with Crippen molar-refractivity contribution < 1.29 is 0 Å². The Balaban J connectivity index is 1.61. The average molecular weight is 416 g/mol. The SMILES string of the molecule is CCNC(=NCc1cccnc1N1CCN(C)CC1)NCCc1nc(C)c(C)s1. The Bertz CT molecular complexity index is 790. The van der Waals surface area contributed by atoms with Gasteiger partial charge in [-0.2, -0.15) is 0 Å². The van der Waals surface area contributed by atoms with Gasteiger partial charge in [0, 0.05) is 62.3 Å². The molecule has 0 spiro atoms. The Kier molecular flexibility index (Phi) is 7.83. The zero-order valence-corrected chi connectivity index (χ0v) is 18.8. The van der Waals surface area contributed by atoms with E-state index in [1.807, 2.05) is 12.3 Å². The van der Waals surface area contributed by atoms with Crippen LogP contribution in [0.3, 0.4) is 0 Å². The fourth-order valence-electron chi connectivity index (χ4n) is 3.30. The molecule has 0 aliphatic carbocycles. The number of piperazine rings is 1.